The van der Waals surface area contributed by atoms with E-state index in [-0.39, 0.29) is 17.5 Å². The van der Waals surface area contributed by atoms with Gasteiger partial charge in [0.1, 0.15) is 0 Å². The molecule has 1 aromatic carbocycles. The van der Waals surface area contributed by atoms with Crippen molar-refractivity contribution in [1.29, 1.82) is 0 Å². The molecule has 1 N–H and O–H groups in total. The number of sulfone groups is 1. The Balaban J connectivity index is 1.76. The molecule has 1 saturated heterocycles. The summed E-state index contributed by atoms with van der Waals surface area (Å²) in [6, 6.07) is 9.53. The summed E-state index contributed by atoms with van der Waals surface area (Å²) < 4.78 is 23.2. The SMILES string of the molecule is CN(c1nncc(Nc2ccccc2)n1)C1CCS(=O)(=O)C1. The van der Waals surface area contributed by atoms with Crippen LogP contribution < -0.4 is 10.2 Å². The number of nitrogens with zero attached hydrogens (tertiary/aromatic N) is 4. The Kier molecular flexibility index (Phi) is 3.93. The second-order valence-electron chi connectivity index (χ2n) is 5.30. The second-order valence-corrected chi connectivity index (χ2v) is 7.53. The van der Waals surface area contributed by atoms with Crippen LogP contribution in [0.25, 0.3) is 0 Å². The van der Waals surface area contributed by atoms with Crippen molar-refractivity contribution in [2.24, 2.45) is 0 Å². The molecule has 116 valence electrons. The van der Waals surface area contributed by atoms with Gasteiger partial charge in [0, 0.05) is 18.8 Å². The molecule has 22 heavy (non-hydrogen) atoms. The molecule has 1 unspecified atom stereocenters. The maximum absolute atomic E-state index is 11.6. The Morgan fingerprint density at radius 3 is 2.73 bits per heavy atom. The van der Waals surface area contributed by atoms with Gasteiger partial charge in [-0.3, -0.25) is 0 Å². The first-order valence-corrected chi connectivity index (χ1v) is 8.81. The van der Waals surface area contributed by atoms with E-state index in [4.69, 9.17) is 0 Å². The Labute approximate surface area is 129 Å². The minimum absolute atomic E-state index is 0.0984. The number of hydrogen-bond donors (Lipinski definition) is 1. The first kappa shape index (κ1) is 14.7. The standard InChI is InChI=1S/C14H17N5O2S/c1-19(12-7-8-22(20,21)10-12)14-17-13(9-15-18-14)16-11-5-3-2-4-6-11/h2-6,9,12H,7-8,10H2,1H3,(H,16,17,18). The van der Waals surface area contributed by atoms with E-state index >= 15 is 0 Å². The summed E-state index contributed by atoms with van der Waals surface area (Å²) >= 11 is 0. The lowest BCUT2D eigenvalue weighted by Crippen LogP contribution is -2.34. The molecule has 1 fully saturated rings. The molecule has 0 saturated carbocycles. The van der Waals surface area contributed by atoms with Gasteiger partial charge in [0.15, 0.2) is 15.7 Å². The van der Waals surface area contributed by atoms with Crippen LogP contribution in [-0.2, 0) is 9.84 Å². The zero-order valence-electron chi connectivity index (χ0n) is 12.2. The number of nitrogens with one attached hydrogen (secondary N) is 1. The number of benzene rings is 1. The Bertz CT molecular complexity index is 751. The molecule has 1 aliphatic rings. The largest absolute Gasteiger partial charge is 0.339 e. The molecule has 0 aliphatic carbocycles. The lowest BCUT2D eigenvalue weighted by Gasteiger charge is -2.22. The highest BCUT2D eigenvalue weighted by Gasteiger charge is 2.31. The average molecular weight is 319 g/mol. The quantitative estimate of drug-likeness (QED) is 0.907. The van der Waals surface area contributed by atoms with Crippen molar-refractivity contribution in [3.05, 3.63) is 36.5 Å². The zero-order chi connectivity index (χ0) is 15.6. The molecule has 0 bridgehead atoms. The normalized spacial score (nSPS) is 19.8. The van der Waals surface area contributed by atoms with Crippen LogP contribution in [0, 0.1) is 0 Å². The van der Waals surface area contributed by atoms with Crippen molar-refractivity contribution in [1.82, 2.24) is 15.2 Å². The summed E-state index contributed by atoms with van der Waals surface area (Å²) in [6.45, 7) is 0. The lowest BCUT2D eigenvalue weighted by molar-refractivity contribution is 0.600. The second kappa shape index (κ2) is 5.88. The van der Waals surface area contributed by atoms with E-state index in [0.717, 1.165) is 5.69 Å². The third-order valence-corrected chi connectivity index (χ3v) is 5.42. The van der Waals surface area contributed by atoms with Crippen LogP contribution in [-0.4, -0.2) is 48.2 Å². The van der Waals surface area contributed by atoms with Gasteiger partial charge in [0.25, 0.3) is 0 Å². The zero-order valence-corrected chi connectivity index (χ0v) is 13.0. The van der Waals surface area contributed by atoms with Crippen molar-refractivity contribution in [2.75, 3.05) is 28.8 Å². The summed E-state index contributed by atoms with van der Waals surface area (Å²) in [7, 11) is -1.14. The Hall–Kier alpha value is -2.22. The Morgan fingerprint density at radius 1 is 1.27 bits per heavy atom. The molecule has 0 radical (unpaired) electrons. The van der Waals surface area contributed by atoms with E-state index in [1.165, 1.54) is 6.20 Å². The highest BCUT2D eigenvalue weighted by Crippen LogP contribution is 2.21. The van der Waals surface area contributed by atoms with E-state index in [1.807, 2.05) is 30.3 Å². The molecular formula is C14H17N5O2S. The summed E-state index contributed by atoms with van der Waals surface area (Å²) in [5.41, 5.74) is 0.903. The van der Waals surface area contributed by atoms with Gasteiger partial charge in [-0.1, -0.05) is 18.2 Å². The number of anilines is 3. The van der Waals surface area contributed by atoms with Gasteiger partial charge in [0.05, 0.1) is 17.7 Å². The van der Waals surface area contributed by atoms with Gasteiger partial charge in [-0.15, -0.1) is 5.10 Å². The lowest BCUT2D eigenvalue weighted by atomic mass is 10.2. The van der Waals surface area contributed by atoms with Crippen LogP contribution in [0.2, 0.25) is 0 Å². The summed E-state index contributed by atoms with van der Waals surface area (Å²) in [4.78, 5) is 6.19. The third-order valence-electron chi connectivity index (χ3n) is 3.67. The number of aromatic nitrogens is 3. The van der Waals surface area contributed by atoms with E-state index in [0.29, 0.717) is 18.2 Å². The first-order valence-electron chi connectivity index (χ1n) is 6.98. The maximum Gasteiger partial charge on any atom is 0.247 e. The third kappa shape index (κ3) is 3.33. The molecule has 1 aromatic heterocycles. The van der Waals surface area contributed by atoms with Crippen molar-refractivity contribution in [2.45, 2.75) is 12.5 Å². The van der Waals surface area contributed by atoms with Crippen LogP contribution in [0.5, 0.6) is 0 Å². The molecule has 2 aromatic rings. The summed E-state index contributed by atoms with van der Waals surface area (Å²) in [5.74, 6) is 1.35. The van der Waals surface area contributed by atoms with Gasteiger partial charge in [0.2, 0.25) is 5.95 Å². The van der Waals surface area contributed by atoms with Gasteiger partial charge < -0.3 is 10.2 Å². The van der Waals surface area contributed by atoms with Crippen LogP contribution in [0.3, 0.4) is 0 Å². The molecule has 0 amide bonds. The van der Waals surface area contributed by atoms with Crippen molar-refractivity contribution < 1.29 is 8.42 Å². The van der Waals surface area contributed by atoms with E-state index in [1.54, 1.807) is 11.9 Å². The van der Waals surface area contributed by atoms with Gasteiger partial charge in [-0.25, -0.2) is 8.42 Å². The highest BCUT2D eigenvalue weighted by molar-refractivity contribution is 7.91. The smallest absolute Gasteiger partial charge is 0.247 e. The number of hydrogen-bond acceptors (Lipinski definition) is 7. The Morgan fingerprint density at radius 2 is 2.05 bits per heavy atom. The van der Waals surface area contributed by atoms with Crippen LogP contribution >= 0.6 is 0 Å². The van der Waals surface area contributed by atoms with Crippen LogP contribution in [0.15, 0.2) is 36.5 Å². The predicted molar refractivity (Wildman–Crippen MR) is 85.0 cm³/mol. The van der Waals surface area contributed by atoms with Gasteiger partial charge in [-0.05, 0) is 18.6 Å². The van der Waals surface area contributed by atoms with Crippen molar-refractivity contribution >= 4 is 27.3 Å². The van der Waals surface area contributed by atoms with Crippen molar-refractivity contribution in [3.63, 3.8) is 0 Å². The fraction of sp³-hybridized carbons (Fsp3) is 0.357. The summed E-state index contributed by atoms with van der Waals surface area (Å²) in [5, 5.41) is 11.1. The molecule has 3 rings (SSSR count). The van der Waals surface area contributed by atoms with E-state index in [2.05, 4.69) is 20.5 Å². The molecule has 1 aliphatic heterocycles. The van der Waals surface area contributed by atoms with Crippen LogP contribution in [0.1, 0.15) is 6.42 Å². The molecule has 2 heterocycles. The van der Waals surface area contributed by atoms with Gasteiger partial charge >= 0.3 is 0 Å². The van der Waals surface area contributed by atoms with Gasteiger partial charge in [-0.2, -0.15) is 10.1 Å². The molecule has 7 nitrogen and oxygen atoms in total. The molecule has 0 spiro atoms. The summed E-state index contributed by atoms with van der Waals surface area (Å²) in [6.07, 6.45) is 2.13. The molecule has 1 atom stereocenters. The molecular weight excluding hydrogens is 302 g/mol. The number of rotatable bonds is 4. The average Bonchev–Trinajstić information content (AvgIpc) is 2.88. The minimum Gasteiger partial charge on any atom is -0.339 e. The molecule has 8 heteroatoms. The highest BCUT2D eigenvalue weighted by atomic mass is 32.2. The predicted octanol–water partition coefficient (Wildman–Crippen LogP) is 1.24. The number of para-hydroxylation sites is 1. The van der Waals surface area contributed by atoms with Crippen molar-refractivity contribution in [3.8, 4) is 0 Å². The topological polar surface area (TPSA) is 88.1 Å². The maximum atomic E-state index is 11.6. The van der Waals surface area contributed by atoms with E-state index in [9.17, 15) is 8.42 Å². The monoisotopic (exact) mass is 319 g/mol. The van der Waals surface area contributed by atoms with E-state index < -0.39 is 9.84 Å². The first-order chi connectivity index (χ1) is 10.5. The minimum atomic E-state index is -2.94. The fourth-order valence-electron chi connectivity index (χ4n) is 2.42. The van der Waals surface area contributed by atoms with Crippen LogP contribution in [0.4, 0.5) is 17.5 Å². The fourth-order valence-corrected chi connectivity index (χ4v) is 4.19.